The van der Waals surface area contributed by atoms with Crippen molar-refractivity contribution >= 4 is 23.1 Å². The van der Waals surface area contributed by atoms with Crippen molar-refractivity contribution in [3.63, 3.8) is 0 Å². The second kappa shape index (κ2) is 4.11. The molecule has 0 atom stereocenters. The maximum Gasteiger partial charge on any atom is 0.358 e. The van der Waals surface area contributed by atoms with Crippen molar-refractivity contribution in [1.29, 1.82) is 0 Å². The zero-order chi connectivity index (χ0) is 11.7. The molecule has 0 saturated heterocycles. The molecule has 0 aromatic carbocycles. The third-order valence-corrected chi connectivity index (χ3v) is 2.55. The second-order valence-electron chi connectivity index (χ2n) is 3.15. The van der Waals surface area contributed by atoms with Crippen LogP contribution in [0, 0.1) is 0 Å². The van der Waals surface area contributed by atoms with Gasteiger partial charge >= 0.3 is 5.97 Å². The molecule has 2 N–H and O–H groups in total. The number of rotatable bonds is 2. The molecular formula is C10H10ClN3O2. The lowest BCUT2D eigenvalue weighted by molar-refractivity contribution is 0.0597. The van der Waals surface area contributed by atoms with E-state index in [0.29, 0.717) is 16.4 Å². The van der Waals surface area contributed by atoms with Crippen molar-refractivity contribution in [2.45, 2.75) is 6.54 Å². The fraction of sp³-hybridized carbons (Fsp3) is 0.200. The van der Waals surface area contributed by atoms with Crippen LogP contribution in [0.4, 0.5) is 0 Å². The maximum absolute atomic E-state index is 11.5. The standard InChI is InChI=1S/C10H10ClN3O2/c1-16-10(15)8-9-6(11)3-2-4-14(9)7(5-12)13-8/h2-4H,5,12H2,1H3. The number of nitrogens with zero attached hydrogens (tertiary/aromatic N) is 2. The van der Waals surface area contributed by atoms with Gasteiger partial charge in [0.25, 0.3) is 0 Å². The highest BCUT2D eigenvalue weighted by molar-refractivity contribution is 6.34. The van der Waals surface area contributed by atoms with Gasteiger partial charge in [0.2, 0.25) is 0 Å². The highest BCUT2D eigenvalue weighted by atomic mass is 35.5. The molecule has 2 heterocycles. The summed E-state index contributed by atoms with van der Waals surface area (Å²) in [5.41, 5.74) is 6.26. The first-order chi connectivity index (χ1) is 7.69. The first-order valence-corrected chi connectivity index (χ1v) is 5.00. The summed E-state index contributed by atoms with van der Waals surface area (Å²) in [7, 11) is 1.30. The second-order valence-corrected chi connectivity index (χ2v) is 3.55. The zero-order valence-corrected chi connectivity index (χ0v) is 9.36. The van der Waals surface area contributed by atoms with Crippen LogP contribution in [-0.4, -0.2) is 22.5 Å². The van der Waals surface area contributed by atoms with Crippen molar-refractivity contribution in [3.05, 3.63) is 34.9 Å². The third-order valence-electron chi connectivity index (χ3n) is 2.25. The Morgan fingerprint density at radius 3 is 3.06 bits per heavy atom. The Morgan fingerprint density at radius 2 is 2.44 bits per heavy atom. The van der Waals surface area contributed by atoms with Crippen molar-refractivity contribution in [1.82, 2.24) is 9.38 Å². The number of carbonyl (C=O) groups is 1. The number of pyridine rings is 1. The third kappa shape index (κ3) is 1.54. The lowest BCUT2D eigenvalue weighted by Crippen LogP contribution is -2.03. The van der Waals surface area contributed by atoms with E-state index in [9.17, 15) is 4.79 Å². The fourth-order valence-corrected chi connectivity index (χ4v) is 1.80. The summed E-state index contributed by atoms with van der Waals surface area (Å²) in [5, 5.41) is 0.440. The van der Waals surface area contributed by atoms with Crippen LogP contribution in [0.15, 0.2) is 18.3 Å². The molecule has 0 fully saturated rings. The lowest BCUT2D eigenvalue weighted by Gasteiger charge is -1.99. The Bertz CT molecular complexity index is 550. The minimum Gasteiger partial charge on any atom is -0.464 e. The molecule has 0 unspecified atom stereocenters. The van der Waals surface area contributed by atoms with Crippen molar-refractivity contribution in [2.24, 2.45) is 5.73 Å². The van der Waals surface area contributed by atoms with Crippen LogP contribution in [0.1, 0.15) is 16.3 Å². The number of methoxy groups -OCH3 is 1. The van der Waals surface area contributed by atoms with Gasteiger partial charge in [-0.05, 0) is 12.1 Å². The van der Waals surface area contributed by atoms with Gasteiger partial charge < -0.3 is 14.9 Å². The number of hydrogen-bond acceptors (Lipinski definition) is 4. The van der Waals surface area contributed by atoms with Gasteiger partial charge in [0, 0.05) is 6.20 Å². The smallest absolute Gasteiger partial charge is 0.358 e. The molecule has 0 aliphatic carbocycles. The molecule has 84 valence electrons. The lowest BCUT2D eigenvalue weighted by atomic mass is 10.3. The maximum atomic E-state index is 11.5. The molecule has 5 nitrogen and oxygen atoms in total. The summed E-state index contributed by atoms with van der Waals surface area (Å²) in [6.07, 6.45) is 1.75. The highest BCUT2D eigenvalue weighted by Crippen LogP contribution is 2.22. The molecule has 16 heavy (non-hydrogen) atoms. The summed E-state index contributed by atoms with van der Waals surface area (Å²) in [6.45, 7) is 0.221. The van der Waals surface area contributed by atoms with Crippen LogP contribution >= 0.6 is 11.6 Å². The van der Waals surface area contributed by atoms with Crippen LogP contribution in [0.5, 0.6) is 0 Å². The molecule has 0 saturated carbocycles. The van der Waals surface area contributed by atoms with Crippen LogP contribution < -0.4 is 5.73 Å². The molecule has 6 heteroatoms. The summed E-state index contributed by atoms with van der Waals surface area (Å²) >= 11 is 6.02. The van der Waals surface area contributed by atoms with Crippen LogP contribution in [0.25, 0.3) is 5.52 Å². The topological polar surface area (TPSA) is 69.6 Å². The molecule has 0 bridgehead atoms. The Kier molecular flexibility index (Phi) is 2.80. The number of hydrogen-bond donors (Lipinski definition) is 1. The molecular weight excluding hydrogens is 230 g/mol. The normalized spacial score (nSPS) is 10.7. The largest absolute Gasteiger partial charge is 0.464 e. The van der Waals surface area contributed by atoms with Gasteiger partial charge in [-0.2, -0.15) is 0 Å². The van der Waals surface area contributed by atoms with E-state index in [-0.39, 0.29) is 12.2 Å². The van der Waals surface area contributed by atoms with E-state index in [2.05, 4.69) is 9.72 Å². The van der Waals surface area contributed by atoms with Crippen molar-refractivity contribution in [2.75, 3.05) is 7.11 Å². The Hall–Kier alpha value is -1.59. The van der Waals surface area contributed by atoms with Crippen LogP contribution in [0.3, 0.4) is 0 Å². The molecule has 0 spiro atoms. The summed E-state index contributed by atoms with van der Waals surface area (Å²) < 4.78 is 6.33. The number of ether oxygens (including phenoxy) is 1. The monoisotopic (exact) mass is 239 g/mol. The van der Waals surface area contributed by atoms with Crippen molar-refractivity contribution in [3.8, 4) is 0 Å². The molecule has 0 aliphatic rings. The van der Waals surface area contributed by atoms with Crippen LogP contribution in [0.2, 0.25) is 5.02 Å². The van der Waals surface area contributed by atoms with Gasteiger partial charge in [0.15, 0.2) is 5.69 Å². The van der Waals surface area contributed by atoms with E-state index < -0.39 is 5.97 Å². The molecule has 0 radical (unpaired) electrons. The number of halogens is 1. The van der Waals surface area contributed by atoms with Gasteiger partial charge in [0.1, 0.15) is 5.82 Å². The predicted molar refractivity (Wildman–Crippen MR) is 59.4 cm³/mol. The quantitative estimate of drug-likeness (QED) is 0.801. The highest BCUT2D eigenvalue weighted by Gasteiger charge is 2.19. The van der Waals surface area contributed by atoms with E-state index in [1.165, 1.54) is 7.11 Å². The Labute approximate surface area is 96.8 Å². The molecule has 2 rings (SSSR count). The molecule has 0 amide bonds. The number of imidazole rings is 1. The van der Waals surface area contributed by atoms with E-state index in [1.54, 1.807) is 22.7 Å². The minimum absolute atomic E-state index is 0.188. The van der Waals surface area contributed by atoms with E-state index >= 15 is 0 Å². The molecule has 2 aromatic heterocycles. The molecule has 2 aromatic rings. The van der Waals surface area contributed by atoms with Gasteiger partial charge in [0.05, 0.1) is 24.2 Å². The number of nitrogens with two attached hydrogens (primary N) is 1. The average molecular weight is 240 g/mol. The minimum atomic E-state index is -0.523. The van der Waals surface area contributed by atoms with E-state index in [0.717, 1.165) is 0 Å². The Balaban J connectivity index is 2.79. The van der Waals surface area contributed by atoms with E-state index in [4.69, 9.17) is 17.3 Å². The summed E-state index contributed by atoms with van der Waals surface area (Å²) in [4.78, 5) is 15.6. The number of carbonyl (C=O) groups excluding carboxylic acids is 1. The summed E-state index contributed by atoms with van der Waals surface area (Å²) in [6, 6.07) is 3.45. The van der Waals surface area contributed by atoms with Crippen LogP contribution in [-0.2, 0) is 11.3 Å². The van der Waals surface area contributed by atoms with Crippen molar-refractivity contribution < 1.29 is 9.53 Å². The number of aromatic nitrogens is 2. The van der Waals surface area contributed by atoms with E-state index in [1.807, 2.05) is 0 Å². The average Bonchev–Trinajstić information content (AvgIpc) is 2.68. The summed E-state index contributed by atoms with van der Waals surface area (Å²) in [5.74, 6) is 0.0446. The number of fused-ring (bicyclic) bond motifs is 1. The SMILES string of the molecule is COC(=O)c1nc(CN)n2cccc(Cl)c12. The molecule has 0 aliphatic heterocycles. The predicted octanol–water partition coefficient (Wildman–Crippen LogP) is 1.23. The zero-order valence-electron chi connectivity index (χ0n) is 8.61. The van der Waals surface area contributed by atoms with Gasteiger partial charge in [-0.25, -0.2) is 9.78 Å². The fourth-order valence-electron chi connectivity index (χ4n) is 1.54. The van der Waals surface area contributed by atoms with Gasteiger partial charge in [-0.15, -0.1) is 0 Å². The first kappa shape index (κ1) is 10.9. The van der Waals surface area contributed by atoms with Gasteiger partial charge in [-0.1, -0.05) is 11.6 Å². The first-order valence-electron chi connectivity index (χ1n) is 4.63. The van der Waals surface area contributed by atoms with Gasteiger partial charge in [-0.3, -0.25) is 0 Å². The Morgan fingerprint density at radius 1 is 1.69 bits per heavy atom. The number of esters is 1.